The molecule has 0 aromatic carbocycles. The number of hydrogen-bond donors (Lipinski definition) is 0. The van der Waals surface area contributed by atoms with Crippen LogP contribution >= 0.6 is 0 Å². The molecule has 90 valence electrons. The lowest BCUT2D eigenvalue weighted by molar-refractivity contribution is 0.842. The first kappa shape index (κ1) is 11.2. The zero-order chi connectivity index (χ0) is 12.9. The van der Waals surface area contributed by atoms with E-state index in [0.717, 1.165) is 11.5 Å². The summed E-state index contributed by atoms with van der Waals surface area (Å²) in [5, 5.41) is 4.35. The Kier molecular flexibility index (Phi) is 3.03. The predicted octanol–water partition coefficient (Wildman–Crippen LogP) is 2.06. The molecule has 0 atom stereocenters. The largest absolute Gasteiger partial charge is 0.248 e. The Morgan fingerprint density at radius 2 is 1.58 bits per heavy atom. The standard InChI is InChI=1S/C15H10N4/c1-3-10-16-13(5-1)7-8-14-9-12-19(18-14)15-6-2-4-11-17-15/h1-6,9-12H. The van der Waals surface area contributed by atoms with E-state index < -0.39 is 0 Å². The third-order valence-corrected chi connectivity index (χ3v) is 2.46. The van der Waals surface area contributed by atoms with Crippen molar-refractivity contribution in [3.63, 3.8) is 0 Å². The second kappa shape index (κ2) is 5.15. The van der Waals surface area contributed by atoms with Crippen LogP contribution < -0.4 is 0 Å². The second-order valence-electron chi connectivity index (χ2n) is 3.80. The number of nitrogens with zero attached hydrogens (tertiary/aromatic N) is 4. The summed E-state index contributed by atoms with van der Waals surface area (Å²) in [5.74, 6) is 6.72. The Morgan fingerprint density at radius 3 is 2.32 bits per heavy atom. The molecule has 0 fully saturated rings. The van der Waals surface area contributed by atoms with E-state index in [2.05, 4.69) is 26.9 Å². The van der Waals surface area contributed by atoms with Gasteiger partial charge in [0, 0.05) is 18.6 Å². The third-order valence-electron chi connectivity index (χ3n) is 2.46. The van der Waals surface area contributed by atoms with Gasteiger partial charge in [-0.2, -0.15) is 5.10 Å². The molecule has 3 rings (SSSR count). The van der Waals surface area contributed by atoms with Crippen molar-refractivity contribution in [3.8, 4) is 17.7 Å². The average molecular weight is 246 g/mol. The summed E-state index contributed by atoms with van der Waals surface area (Å²) >= 11 is 0. The van der Waals surface area contributed by atoms with Gasteiger partial charge in [0.2, 0.25) is 0 Å². The number of hydrogen-bond acceptors (Lipinski definition) is 3. The maximum Gasteiger partial charge on any atom is 0.153 e. The monoisotopic (exact) mass is 246 g/mol. The SMILES string of the molecule is C(#Cc1ccn(-c2ccccn2)n1)c1ccccn1. The fraction of sp³-hybridized carbons (Fsp3) is 0. The summed E-state index contributed by atoms with van der Waals surface area (Å²) in [7, 11) is 0. The van der Waals surface area contributed by atoms with E-state index in [4.69, 9.17) is 0 Å². The molecule has 3 heterocycles. The smallest absolute Gasteiger partial charge is 0.153 e. The highest BCUT2D eigenvalue weighted by Crippen LogP contribution is 2.03. The van der Waals surface area contributed by atoms with Crippen LogP contribution in [0.3, 0.4) is 0 Å². The summed E-state index contributed by atoms with van der Waals surface area (Å²) in [5.41, 5.74) is 1.42. The van der Waals surface area contributed by atoms with Crippen molar-refractivity contribution in [1.82, 2.24) is 19.7 Å². The highest BCUT2D eigenvalue weighted by atomic mass is 15.3. The lowest BCUT2D eigenvalue weighted by atomic mass is 10.3. The lowest BCUT2D eigenvalue weighted by Crippen LogP contribution is -1.97. The molecule has 0 aliphatic carbocycles. The van der Waals surface area contributed by atoms with Crippen molar-refractivity contribution in [2.75, 3.05) is 0 Å². The molecule has 4 heteroatoms. The van der Waals surface area contributed by atoms with Crippen molar-refractivity contribution in [3.05, 3.63) is 72.4 Å². The van der Waals surface area contributed by atoms with Gasteiger partial charge in [0.25, 0.3) is 0 Å². The van der Waals surface area contributed by atoms with E-state index in [1.54, 1.807) is 17.1 Å². The Labute approximate surface area is 110 Å². The Balaban J connectivity index is 1.85. The maximum atomic E-state index is 4.35. The molecule has 4 nitrogen and oxygen atoms in total. The molecular formula is C15H10N4. The van der Waals surface area contributed by atoms with E-state index >= 15 is 0 Å². The van der Waals surface area contributed by atoms with Gasteiger partial charge in [-0.25, -0.2) is 14.6 Å². The van der Waals surface area contributed by atoms with Crippen LogP contribution in [-0.2, 0) is 0 Å². The molecule has 0 unspecified atom stereocenters. The van der Waals surface area contributed by atoms with Crippen molar-refractivity contribution in [2.24, 2.45) is 0 Å². The van der Waals surface area contributed by atoms with Gasteiger partial charge in [-0.15, -0.1) is 0 Å². The fourth-order valence-corrected chi connectivity index (χ4v) is 1.57. The van der Waals surface area contributed by atoms with Gasteiger partial charge in [0.15, 0.2) is 5.82 Å². The van der Waals surface area contributed by atoms with Crippen LogP contribution in [0.1, 0.15) is 11.4 Å². The lowest BCUT2D eigenvalue weighted by Gasteiger charge is -1.96. The van der Waals surface area contributed by atoms with Crippen LogP contribution in [0.5, 0.6) is 0 Å². The Hall–Kier alpha value is -2.93. The van der Waals surface area contributed by atoms with Gasteiger partial charge in [-0.05, 0) is 42.2 Å². The van der Waals surface area contributed by atoms with Gasteiger partial charge in [0.1, 0.15) is 11.4 Å². The van der Waals surface area contributed by atoms with Crippen LogP contribution in [0.25, 0.3) is 5.82 Å². The van der Waals surface area contributed by atoms with Crippen LogP contribution in [-0.4, -0.2) is 19.7 Å². The zero-order valence-electron chi connectivity index (χ0n) is 10.1. The van der Waals surface area contributed by atoms with E-state index in [1.807, 2.05) is 48.7 Å². The van der Waals surface area contributed by atoms with Crippen LogP contribution in [0.4, 0.5) is 0 Å². The number of pyridine rings is 2. The maximum absolute atomic E-state index is 4.35. The van der Waals surface area contributed by atoms with Crippen LogP contribution in [0, 0.1) is 11.8 Å². The molecule has 0 N–H and O–H groups in total. The summed E-state index contributed by atoms with van der Waals surface area (Å²) in [6.45, 7) is 0. The van der Waals surface area contributed by atoms with E-state index in [1.165, 1.54) is 0 Å². The van der Waals surface area contributed by atoms with Gasteiger partial charge in [-0.3, -0.25) is 0 Å². The second-order valence-corrected chi connectivity index (χ2v) is 3.80. The minimum absolute atomic E-state index is 0.691. The Morgan fingerprint density at radius 1 is 0.789 bits per heavy atom. The van der Waals surface area contributed by atoms with E-state index in [-0.39, 0.29) is 0 Å². The van der Waals surface area contributed by atoms with E-state index in [0.29, 0.717) is 5.69 Å². The zero-order valence-corrected chi connectivity index (χ0v) is 10.1. The van der Waals surface area contributed by atoms with Crippen LogP contribution in [0.15, 0.2) is 61.1 Å². The topological polar surface area (TPSA) is 43.6 Å². The molecule has 0 saturated heterocycles. The highest BCUT2D eigenvalue weighted by Gasteiger charge is 1.98. The van der Waals surface area contributed by atoms with Crippen LogP contribution in [0.2, 0.25) is 0 Å². The van der Waals surface area contributed by atoms with E-state index in [9.17, 15) is 0 Å². The molecular weight excluding hydrogens is 236 g/mol. The molecule has 0 saturated carbocycles. The quantitative estimate of drug-likeness (QED) is 0.617. The fourth-order valence-electron chi connectivity index (χ4n) is 1.57. The molecule has 0 aliphatic rings. The Bertz CT molecular complexity index is 721. The van der Waals surface area contributed by atoms with Gasteiger partial charge in [-0.1, -0.05) is 12.1 Å². The number of aromatic nitrogens is 4. The first-order valence-corrected chi connectivity index (χ1v) is 5.82. The molecule has 19 heavy (non-hydrogen) atoms. The van der Waals surface area contributed by atoms with Crippen molar-refractivity contribution in [1.29, 1.82) is 0 Å². The molecule has 3 aromatic rings. The molecule has 0 spiro atoms. The summed E-state index contributed by atoms with van der Waals surface area (Å²) in [6.07, 6.45) is 5.29. The third kappa shape index (κ3) is 2.67. The first-order valence-electron chi connectivity index (χ1n) is 5.82. The van der Waals surface area contributed by atoms with Crippen molar-refractivity contribution >= 4 is 0 Å². The molecule has 0 radical (unpaired) electrons. The summed E-state index contributed by atoms with van der Waals surface area (Å²) < 4.78 is 1.70. The molecule has 0 bridgehead atoms. The van der Waals surface area contributed by atoms with Gasteiger partial charge < -0.3 is 0 Å². The molecule has 3 aromatic heterocycles. The minimum Gasteiger partial charge on any atom is -0.248 e. The summed E-state index contributed by atoms with van der Waals surface area (Å²) in [4.78, 5) is 8.36. The van der Waals surface area contributed by atoms with Crippen molar-refractivity contribution < 1.29 is 0 Å². The molecule has 0 amide bonds. The van der Waals surface area contributed by atoms with Gasteiger partial charge >= 0.3 is 0 Å². The number of rotatable bonds is 1. The first-order chi connectivity index (χ1) is 9.42. The minimum atomic E-state index is 0.691. The molecule has 0 aliphatic heterocycles. The van der Waals surface area contributed by atoms with Crippen molar-refractivity contribution in [2.45, 2.75) is 0 Å². The summed E-state index contributed by atoms with van der Waals surface area (Å²) in [6, 6.07) is 13.2. The normalized spacial score (nSPS) is 9.68. The van der Waals surface area contributed by atoms with Gasteiger partial charge in [0.05, 0.1) is 0 Å². The predicted molar refractivity (Wildman–Crippen MR) is 71.6 cm³/mol. The average Bonchev–Trinajstić information content (AvgIpc) is 2.96. The highest BCUT2D eigenvalue weighted by molar-refractivity contribution is 5.36.